The summed E-state index contributed by atoms with van der Waals surface area (Å²) < 4.78 is 6.39. The van der Waals surface area contributed by atoms with Gasteiger partial charge in [-0.2, -0.15) is 0 Å². The molecule has 0 fully saturated rings. The number of carbonyl (C=O) groups excluding carboxylic acids is 1. The van der Waals surface area contributed by atoms with Gasteiger partial charge in [0.15, 0.2) is 5.13 Å². The average molecular weight is 355 g/mol. The largest absolute Gasteiger partial charge is 0.494 e. The molecule has 0 atom stereocenters. The van der Waals surface area contributed by atoms with Crippen LogP contribution in [0, 0.1) is 6.92 Å². The van der Waals surface area contributed by atoms with E-state index in [1.807, 2.05) is 61.3 Å². The van der Waals surface area contributed by atoms with Crippen molar-refractivity contribution < 1.29 is 9.53 Å². The van der Waals surface area contributed by atoms with E-state index in [2.05, 4.69) is 10.3 Å². The molecule has 1 heterocycles. The number of benzene rings is 2. The Labute approximate surface area is 151 Å². The van der Waals surface area contributed by atoms with Gasteiger partial charge in [0, 0.05) is 13.6 Å². The molecule has 0 unspecified atom stereocenters. The number of hydrogen-bond acceptors (Lipinski definition) is 5. The standard InChI is InChI=1S/C19H21N3O2S/c1-13-7-9-14(10-8-13)11-20-17(23)12-22(2)19-21-18-15(24-3)5-4-6-16(18)25-19/h4-10H,11-12H2,1-3H3,(H,20,23). The maximum absolute atomic E-state index is 12.2. The van der Waals surface area contributed by atoms with Gasteiger partial charge < -0.3 is 15.0 Å². The van der Waals surface area contributed by atoms with E-state index in [0.29, 0.717) is 6.54 Å². The molecular formula is C19H21N3O2S. The summed E-state index contributed by atoms with van der Waals surface area (Å²) in [5.74, 6) is 0.714. The number of hydrogen-bond donors (Lipinski definition) is 1. The maximum atomic E-state index is 12.2. The van der Waals surface area contributed by atoms with Crippen LogP contribution in [0.4, 0.5) is 5.13 Å². The van der Waals surface area contributed by atoms with Crippen LogP contribution in [0.3, 0.4) is 0 Å². The lowest BCUT2D eigenvalue weighted by molar-refractivity contribution is -0.119. The van der Waals surface area contributed by atoms with Gasteiger partial charge in [0.1, 0.15) is 11.3 Å². The number of methoxy groups -OCH3 is 1. The van der Waals surface area contributed by atoms with Crippen LogP contribution in [-0.4, -0.2) is 31.6 Å². The molecule has 130 valence electrons. The number of anilines is 1. The zero-order chi connectivity index (χ0) is 17.8. The number of para-hydroxylation sites is 1. The number of carbonyl (C=O) groups is 1. The van der Waals surface area contributed by atoms with Gasteiger partial charge in [-0.25, -0.2) is 4.98 Å². The summed E-state index contributed by atoms with van der Waals surface area (Å²) in [7, 11) is 3.51. The molecule has 3 aromatic rings. The van der Waals surface area contributed by atoms with Gasteiger partial charge >= 0.3 is 0 Å². The number of nitrogens with one attached hydrogen (secondary N) is 1. The molecule has 0 saturated heterocycles. The molecule has 3 rings (SSSR count). The number of nitrogens with zero attached hydrogens (tertiary/aromatic N) is 2. The molecule has 1 amide bonds. The first-order valence-electron chi connectivity index (χ1n) is 8.04. The van der Waals surface area contributed by atoms with E-state index in [0.717, 1.165) is 26.7 Å². The molecule has 0 aliphatic rings. The van der Waals surface area contributed by atoms with Gasteiger partial charge in [0.2, 0.25) is 5.91 Å². The Morgan fingerprint density at radius 1 is 1.24 bits per heavy atom. The topological polar surface area (TPSA) is 54.5 Å². The van der Waals surface area contributed by atoms with Gasteiger partial charge in [-0.15, -0.1) is 0 Å². The van der Waals surface area contributed by atoms with Crippen LogP contribution in [0.2, 0.25) is 0 Å². The Morgan fingerprint density at radius 2 is 2.00 bits per heavy atom. The highest BCUT2D eigenvalue weighted by Gasteiger charge is 2.14. The number of likely N-dealkylation sites (N-methyl/N-ethyl adjacent to an activating group) is 1. The predicted octanol–water partition coefficient (Wildman–Crippen LogP) is 3.37. The fourth-order valence-corrected chi connectivity index (χ4v) is 3.43. The minimum absolute atomic E-state index is 0.0331. The highest BCUT2D eigenvalue weighted by molar-refractivity contribution is 7.22. The van der Waals surface area contributed by atoms with Crippen molar-refractivity contribution in [3.8, 4) is 5.75 Å². The summed E-state index contributed by atoms with van der Waals surface area (Å²) in [4.78, 5) is 18.7. The van der Waals surface area contributed by atoms with E-state index in [9.17, 15) is 4.79 Å². The molecule has 1 N–H and O–H groups in total. The first-order chi connectivity index (χ1) is 12.1. The molecule has 0 aliphatic heterocycles. The van der Waals surface area contributed by atoms with Crippen LogP contribution in [0.5, 0.6) is 5.75 Å². The Morgan fingerprint density at radius 3 is 2.72 bits per heavy atom. The Kier molecular flexibility index (Phi) is 5.19. The van der Waals surface area contributed by atoms with Crippen molar-refractivity contribution in [3.63, 3.8) is 0 Å². The van der Waals surface area contributed by atoms with Gasteiger partial charge in [-0.05, 0) is 24.6 Å². The molecule has 0 aliphatic carbocycles. The molecule has 1 aromatic heterocycles. The van der Waals surface area contributed by atoms with Crippen molar-refractivity contribution in [2.45, 2.75) is 13.5 Å². The highest BCUT2D eigenvalue weighted by Crippen LogP contribution is 2.33. The second-order valence-electron chi connectivity index (χ2n) is 5.92. The van der Waals surface area contributed by atoms with Crippen molar-refractivity contribution in [3.05, 3.63) is 53.6 Å². The number of rotatable bonds is 6. The van der Waals surface area contributed by atoms with E-state index < -0.39 is 0 Å². The lowest BCUT2D eigenvalue weighted by atomic mass is 10.1. The maximum Gasteiger partial charge on any atom is 0.239 e. The van der Waals surface area contributed by atoms with Crippen LogP contribution in [-0.2, 0) is 11.3 Å². The minimum atomic E-state index is -0.0331. The minimum Gasteiger partial charge on any atom is -0.494 e. The lowest BCUT2D eigenvalue weighted by Crippen LogP contribution is -2.34. The summed E-state index contributed by atoms with van der Waals surface area (Å²) in [5, 5.41) is 3.74. The lowest BCUT2D eigenvalue weighted by Gasteiger charge is -2.15. The van der Waals surface area contributed by atoms with Crippen LogP contribution >= 0.6 is 11.3 Å². The fourth-order valence-electron chi connectivity index (χ4n) is 2.49. The average Bonchev–Trinajstić information content (AvgIpc) is 3.05. The first-order valence-corrected chi connectivity index (χ1v) is 8.85. The van der Waals surface area contributed by atoms with Gasteiger partial charge in [0.05, 0.1) is 18.4 Å². The second-order valence-corrected chi connectivity index (χ2v) is 6.93. The third-order valence-electron chi connectivity index (χ3n) is 3.91. The Balaban J connectivity index is 1.62. The number of amides is 1. The number of ether oxygens (including phenoxy) is 1. The number of aromatic nitrogens is 1. The number of aryl methyl sites for hydroxylation is 1. The van der Waals surface area contributed by atoms with Gasteiger partial charge in [-0.1, -0.05) is 47.2 Å². The zero-order valence-corrected chi connectivity index (χ0v) is 15.4. The van der Waals surface area contributed by atoms with Crippen molar-refractivity contribution in [1.82, 2.24) is 10.3 Å². The third-order valence-corrected chi connectivity index (χ3v) is 5.04. The molecular weight excluding hydrogens is 334 g/mol. The molecule has 0 saturated carbocycles. The van der Waals surface area contributed by atoms with Gasteiger partial charge in [-0.3, -0.25) is 4.79 Å². The monoisotopic (exact) mass is 355 g/mol. The van der Waals surface area contributed by atoms with Crippen LogP contribution in [0.1, 0.15) is 11.1 Å². The van der Waals surface area contributed by atoms with Crippen LogP contribution in [0.15, 0.2) is 42.5 Å². The summed E-state index contributed by atoms with van der Waals surface area (Å²) in [6, 6.07) is 14.0. The Hall–Kier alpha value is -2.60. The normalized spacial score (nSPS) is 10.7. The van der Waals surface area contributed by atoms with Crippen molar-refractivity contribution in [2.75, 3.05) is 25.6 Å². The third kappa shape index (κ3) is 4.09. The zero-order valence-electron chi connectivity index (χ0n) is 14.6. The molecule has 6 heteroatoms. The van der Waals surface area contributed by atoms with E-state index in [1.54, 1.807) is 18.4 Å². The smallest absolute Gasteiger partial charge is 0.239 e. The number of thiazole rings is 1. The summed E-state index contributed by atoms with van der Waals surface area (Å²) in [5.41, 5.74) is 3.13. The van der Waals surface area contributed by atoms with Crippen LogP contribution < -0.4 is 15.0 Å². The SMILES string of the molecule is COc1cccc2sc(N(C)CC(=O)NCc3ccc(C)cc3)nc12. The van der Waals surface area contributed by atoms with E-state index in [4.69, 9.17) is 4.74 Å². The van der Waals surface area contributed by atoms with E-state index in [1.165, 1.54) is 5.56 Å². The first kappa shape index (κ1) is 17.2. The molecule has 25 heavy (non-hydrogen) atoms. The van der Waals surface area contributed by atoms with E-state index in [-0.39, 0.29) is 12.5 Å². The van der Waals surface area contributed by atoms with Crippen molar-refractivity contribution in [1.29, 1.82) is 0 Å². The quantitative estimate of drug-likeness (QED) is 0.737. The summed E-state index contributed by atoms with van der Waals surface area (Å²) >= 11 is 1.55. The summed E-state index contributed by atoms with van der Waals surface area (Å²) in [6.07, 6.45) is 0. The van der Waals surface area contributed by atoms with E-state index >= 15 is 0 Å². The molecule has 5 nitrogen and oxygen atoms in total. The molecule has 2 aromatic carbocycles. The fraction of sp³-hybridized carbons (Fsp3) is 0.263. The Bertz CT molecular complexity index is 874. The second kappa shape index (κ2) is 7.53. The highest BCUT2D eigenvalue weighted by atomic mass is 32.1. The van der Waals surface area contributed by atoms with Crippen LogP contribution in [0.25, 0.3) is 10.2 Å². The predicted molar refractivity (Wildman–Crippen MR) is 102 cm³/mol. The van der Waals surface area contributed by atoms with Crippen molar-refractivity contribution >= 4 is 32.6 Å². The van der Waals surface area contributed by atoms with Gasteiger partial charge in [0.25, 0.3) is 0 Å². The molecule has 0 spiro atoms. The molecule has 0 radical (unpaired) electrons. The molecule has 0 bridgehead atoms. The number of fused-ring (bicyclic) bond motifs is 1. The van der Waals surface area contributed by atoms with Crippen molar-refractivity contribution in [2.24, 2.45) is 0 Å². The summed E-state index contributed by atoms with van der Waals surface area (Å²) in [6.45, 7) is 2.83.